The van der Waals surface area contributed by atoms with Crippen molar-refractivity contribution >= 4 is 0 Å². The highest BCUT2D eigenvalue weighted by Gasteiger charge is 2.37. The van der Waals surface area contributed by atoms with Crippen LogP contribution in [0.3, 0.4) is 0 Å². The summed E-state index contributed by atoms with van der Waals surface area (Å²) in [6.07, 6.45) is 5.18. The first-order valence-corrected chi connectivity index (χ1v) is 7.83. The molecular weight excluding hydrogens is 256 g/mol. The molecule has 2 unspecified atom stereocenters. The quantitative estimate of drug-likeness (QED) is 0.868. The van der Waals surface area contributed by atoms with Crippen molar-refractivity contribution < 1.29 is 14.4 Å². The van der Waals surface area contributed by atoms with E-state index in [-0.39, 0.29) is 12.0 Å². The SMILES string of the molecule is CCOC(CC)(CC)c1noc(C2CCCCC2O)n1. The van der Waals surface area contributed by atoms with Gasteiger partial charge in [0.05, 0.1) is 12.0 Å². The van der Waals surface area contributed by atoms with E-state index in [1.165, 1.54) is 0 Å². The number of hydrogen-bond donors (Lipinski definition) is 1. The first-order valence-electron chi connectivity index (χ1n) is 7.83. The van der Waals surface area contributed by atoms with Crippen LogP contribution >= 0.6 is 0 Å². The van der Waals surface area contributed by atoms with Crippen molar-refractivity contribution in [1.29, 1.82) is 0 Å². The fourth-order valence-corrected chi connectivity index (χ4v) is 3.08. The lowest BCUT2D eigenvalue weighted by Crippen LogP contribution is -2.30. The van der Waals surface area contributed by atoms with Gasteiger partial charge in [0.1, 0.15) is 5.60 Å². The van der Waals surface area contributed by atoms with Crippen LogP contribution < -0.4 is 0 Å². The molecule has 0 saturated heterocycles. The van der Waals surface area contributed by atoms with E-state index >= 15 is 0 Å². The predicted octanol–water partition coefficient (Wildman–Crippen LogP) is 3.14. The fraction of sp³-hybridized carbons (Fsp3) is 0.867. The van der Waals surface area contributed by atoms with E-state index in [2.05, 4.69) is 24.0 Å². The number of nitrogens with zero attached hydrogens (tertiary/aromatic N) is 2. The van der Waals surface area contributed by atoms with Crippen molar-refractivity contribution in [3.8, 4) is 0 Å². The summed E-state index contributed by atoms with van der Waals surface area (Å²) < 4.78 is 11.3. The summed E-state index contributed by atoms with van der Waals surface area (Å²) in [6.45, 7) is 6.75. The zero-order chi connectivity index (χ0) is 14.6. The Kier molecular flexibility index (Phi) is 5.16. The Hall–Kier alpha value is -0.940. The molecule has 1 aliphatic rings. The molecule has 5 heteroatoms. The van der Waals surface area contributed by atoms with Gasteiger partial charge in [-0.2, -0.15) is 4.98 Å². The van der Waals surface area contributed by atoms with Crippen molar-refractivity contribution in [2.24, 2.45) is 0 Å². The lowest BCUT2D eigenvalue weighted by molar-refractivity contribution is -0.0583. The van der Waals surface area contributed by atoms with Crippen LogP contribution in [0.2, 0.25) is 0 Å². The molecule has 5 nitrogen and oxygen atoms in total. The number of hydrogen-bond acceptors (Lipinski definition) is 5. The second-order valence-corrected chi connectivity index (χ2v) is 5.55. The molecule has 0 aromatic carbocycles. The van der Waals surface area contributed by atoms with Gasteiger partial charge in [-0.3, -0.25) is 0 Å². The summed E-state index contributed by atoms with van der Waals surface area (Å²) in [7, 11) is 0. The third kappa shape index (κ3) is 2.88. The number of rotatable bonds is 6. The maximum absolute atomic E-state index is 10.1. The van der Waals surface area contributed by atoms with Crippen LogP contribution in [0.25, 0.3) is 0 Å². The van der Waals surface area contributed by atoms with Crippen LogP contribution in [0.4, 0.5) is 0 Å². The highest BCUT2D eigenvalue weighted by Crippen LogP contribution is 2.35. The molecule has 0 spiro atoms. The Morgan fingerprint density at radius 1 is 1.25 bits per heavy atom. The van der Waals surface area contributed by atoms with Crippen molar-refractivity contribution in [2.75, 3.05) is 6.61 Å². The normalized spacial score (nSPS) is 24.0. The fourth-order valence-electron chi connectivity index (χ4n) is 3.08. The van der Waals surface area contributed by atoms with Crippen molar-refractivity contribution in [2.45, 2.75) is 76.9 Å². The van der Waals surface area contributed by atoms with E-state index in [0.717, 1.165) is 38.5 Å². The van der Waals surface area contributed by atoms with Gasteiger partial charge in [0.25, 0.3) is 0 Å². The number of aliphatic hydroxyl groups excluding tert-OH is 1. The van der Waals surface area contributed by atoms with Gasteiger partial charge in [0.15, 0.2) is 0 Å². The van der Waals surface area contributed by atoms with Gasteiger partial charge in [-0.05, 0) is 32.6 Å². The maximum Gasteiger partial charge on any atom is 0.232 e. The van der Waals surface area contributed by atoms with E-state index in [0.29, 0.717) is 18.3 Å². The predicted molar refractivity (Wildman–Crippen MR) is 75.4 cm³/mol. The number of ether oxygens (including phenoxy) is 1. The minimum atomic E-state index is -0.462. The van der Waals surface area contributed by atoms with Crippen molar-refractivity contribution in [3.63, 3.8) is 0 Å². The summed E-state index contributed by atoms with van der Waals surface area (Å²) in [4.78, 5) is 4.55. The summed E-state index contributed by atoms with van der Waals surface area (Å²) in [5.41, 5.74) is -0.462. The summed E-state index contributed by atoms with van der Waals surface area (Å²) in [5.74, 6) is 1.17. The average Bonchev–Trinajstić information content (AvgIpc) is 2.95. The molecule has 0 amide bonds. The zero-order valence-corrected chi connectivity index (χ0v) is 12.8. The van der Waals surface area contributed by atoms with Gasteiger partial charge < -0.3 is 14.4 Å². The van der Waals surface area contributed by atoms with Gasteiger partial charge in [0, 0.05) is 6.61 Å². The lowest BCUT2D eigenvalue weighted by atomic mass is 9.86. The highest BCUT2D eigenvalue weighted by molar-refractivity contribution is 5.05. The molecule has 1 aromatic rings. The molecule has 0 aliphatic heterocycles. The Morgan fingerprint density at radius 3 is 2.55 bits per heavy atom. The summed E-state index contributed by atoms with van der Waals surface area (Å²) >= 11 is 0. The second kappa shape index (κ2) is 6.68. The van der Waals surface area contributed by atoms with Crippen LogP contribution in [0.5, 0.6) is 0 Å². The molecule has 114 valence electrons. The van der Waals surface area contributed by atoms with Crippen LogP contribution in [0.1, 0.15) is 76.9 Å². The maximum atomic E-state index is 10.1. The standard InChI is InChI=1S/C15H26N2O3/c1-4-15(5-2,19-6-3)14-16-13(20-17-14)11-9-7-8-10-12(11)18/h11-12,18H,4-10H2,1-3H3. The molecule has 1 heterocycles. The van der Waals surface area contributed by atoms with Crippen LogP contribution in [0, 0.1) is 0 Å². The minimum absolute atomic E-state index is 0.0157. The molecule has 2 rings (SSSR count). The molecule has 1 N–H and O–H groups in total. The van der Waals surface area contributed by atoms with Gasteiger partial charge in [-0.1, -0.05) is 31.8 Å². The van der Waals surface area contributed by atoms with Gasteiger partial charge in [-0.15, -0.1) is 0 Å². The molecule has 1 fully saturated rings. The monoisotopic (exact) mass is 282 g/mol. The van der Waals surface area contributed by atoms with E-state index in [1.807, 2.05) is 6.92 Å². The number of aromatic nitrogens is 2. The summed E-state index contributed by atoms with van der Waals surface area (Å²) in [5, 5.41) is 14.2. The number of aliphatic hydroxyl groups is 1. The smallest absolute Gasteiger partial charge is 0.232 e. The minimum Gasteiger partial charge on any atom is -0.392 e. The van der Waals surface area contributed by atoms with Crippen LogP contribution in [0.15, 0.2) is 4.52 Å². The lowest BCUT2D eigenvalue weighted by Gasteiger charge is -2.28. The van der Waals surface area contributed by atoms with Gasteiger partial charge in [-0.25, -0.2) is 0 Å². The molecule has 20 heavy (non-hydrogen) atoms. The Morgan fingerprint density at radius 2 is 1.95 bits per heavy atom. The van der Waals surface area contributed by atoms with Crippen LogP contribution in [-0.2, 0) is 10.3 Å². The van der Waals surface area contributed by atoms with E-state index < -0.39 is 5.60 Å². The molecule has 1 saturated carbocycles. The first kappa shape index (κ1) is 15.4. The molecule has 0 bridgehead atoms. The molecular formula is C15H26N2O3. The van der Waals surface area contributed by atoms with E-state index in [4.69, 9.17) is 9.26 Å². The molecule has 1 aromatic heterocycles. The molecule has 0 radical (unpaired) electrons. The van der Waals surface area contributed by atoms with Gasteiger partial charge >= 0.3 is 0 Å². The summed E-state index contributed by atoms with van der Waals surface area (Å²) in [6, 6.07) is 0. The largest absolute Gasteiger partial charge is 0.392 e. The zero-order valence-electron chi connectivity index (χ0n) is 12.8. The average molecular weight is 282 g/mol. The van der Waals surface area contributed by atoms with Crippen LogP contribution in [-0.4, -0.2) is 28.0 Å². The second-order valence-electron chi connectivity index (χ2n) is 5.55. The Labute approximate surface area is 120 Å². The van der Waals surface area contributed by atoms with Gasteiger partial charge in [0.2, 0.25) is 11.7 Å². The highest BCUT2D eigenvalue weighted by atomic mass is 16.5. The topological polar surface area (TPSA) is 68.4 Å². The van der Waals surface area contributed by atoms with Crippen molar-refractivity contribution in [1.82, 2.24) is 10.1 Å². The van der Waals surface area contributed by atoms with E-state index in [9.17, 15) is 5.11 Å². The molecule has 1 aliphatic carbocycles. The third-order valence-corrected chi connectivity index (χ3v) is 4.46. The molecule has 2 atom stereocenters. The third-order valence-electron chi connectivity index (χ3n) is 4.46. The van der Waals surface area contributed by atoms with Crippen molar-refractivity contribution in [3.05, 3.63) is 11.7 Å². The Bertz CT molecular complexity index is 415. The Balaban J connectivity index is 2.22. The first-order chi connectivity index (χ1) is 9.66. The van der Waals surface area contributed by atoms with E-state index in [1.54, 1.807) is 0 Å².